The van der Waals surface area contributed by atoms with E-state index in [1.165, 1.54) is 0 Å². The molecule has 1 aromatic heterocycles. The molecule has 0 bridgehead atoms. The Morgan fingerprint density at radius 3 is 2.60 bits per heavy atom. The number of carbonyl (C=O) groups is 1. The minimum absolute atomic E-state index is 0.00215. The summed E-state index contributed by atoms with van der Waals surface area (Å²) in [6.07, 6.45) is 2.40. The molecular formula is C19H26N4O2. The van der Waals surface area contributed by atoms with Crippen molar-refractivity contribution in [3.05, 3.63) is 34.7 Å². The average Bonchev–Trinajstić information content (AvgIpc) is 3.28. The number of likely N-dealkylation sites (tertiary alicyclic amines) is 1. The highest BCUT2D eigenvalue weighted by molar-refractivity contribution is 5.78. The molecule has 4 rings (SSSR count). The van der Waals surface area contributed by atoms with Crippen molar-refractivity contribution in [1.29, 1.82) is 0 Å². The summed E-state index contributed by atoms with van der Waals surface area (Å²) in [6, 6.07) is 8.22. The Balaban J connectivity index is 1.54. The first-order valence-electron chi connectivity index (χ1n) is 9.39. The Hall–Kier alpha value is -2.08. The number of fused-ring (bicyclic) bond motifs is 2. The van der Waals surface area contributed by atoms with Crippen LogP contribution in [0.3, 0.4) is 0 Å². The van der Waals surface area contributed by atoms with Crippen LogP contribution in [0.1, 0.15) is 26.2 Å². The van der Waals surface area contributed by atoms with Gasteiger partial charge in [-0.15, -0.1) is 0 Å². The van der Waals surface area contributed by atoms with Crippen molar-refractivity contribution in [2.45, 2.75) is 45.3 Å². The van der Waals surface area contributed by atoms with Crippen LogP contribution in [-0.2, 0) is 17.9 Å². The monoisotopic (exact) mass is 342 g/mol. The first kappa shape index (κ1) is 16.4. The number of benzene rings is 1. The van der Waals surface area contributed by atoms with E-state index in [4.69, 9.17) is 0 Å². The lowest BCUT2D eigenvalue weighted by molar-refractivity contribution is -0.132. The topological polar surface area (TPSA) is 59.3 Å². The molecule has 2 atom stereocenters. The van der Waals surface area contributed by atoms with Crippen molar-refractivity contribution in [1.82, 2.24) is 19.4 Å². The maximum atomic E-state index is 12.8. The molecule has 0 spiro atoms. The van der Waals surface area contributed by atoms with Crippen molar-refractivity contribution >= 4 is 16.9 Å². The molecule has 0 saturated carbocycles. The van der Waals surface area contributed by atoms with Gasteiger partial charge in [0, 0.05) is 45.2 Å². The molecule has 6 heteroatoms. The summed E-state index contributed by atoms with van der Waals surface area (Å²) in [4.78, 5) is 27.5. The first-order valence-corrected chi connectivity index (χ1v) is 9.39. The van der Waals surface area contributed by atoms with Crippen LogP contribution < -0.4 is 11.0 Å². The third-order valence-electron chi connectivity index (χ3n) is 5.69. The van der Waals surface area contributed by atoms with E-state index >= 15 is 0 Å². The van der Waals surface area contributed by atoms with Crippen molar-refractivity contribution in [2.24, 2.45) is 5.92 Å². The fourth-order valence-electron chi connectivity index (χ4n) is 4.44. The largest absolute Gasteiger partial charge is 0.338 e. The number of imidazole rings is 1. The summed E-state index contributed by atoms with van der Waals surface area (Å²) < 4.78 is 3.59. The number of para-hydroxylation sites is 2. The summed E-state index contributed by atoms with van der Waals surface area (Å²) in [7, 11) is 0. The zero-order valence-corrected chi connectivity index (χ0v) is 14.8. The SMILES string of the molecule is CCCn1c(=O)n(CCC(=O)N2CC[C@@H]3CNC[C@@H]32)c2ccccc21. The molecule has 0 aliphatic carbocycles. The standard InChI is InChI=1S/C19H26N4O2/c1-2-9-22-15-5-3-4-6-16(15)23(19(22)25)11-8-18(24)21-10-7-14-12-20-13-17(14)21/h3-6,14,17,20H,2,7-13H2,1H3/t14-,17+/m1/s1. The summed E-state index contributed by atoms with van der Waals surface area (Å²) in [6.45, 7) is 6.03. The fraction of sp³-hybridized carbons (Fsp3) is 0.579. The third kappa shape index (κ3) is 2.78. The Bertz CT molecular complexity index is 838. The van der Waals surface area contributed by atoms with Crippen LogP contribution in [-0.4, -0.2) is 45.6 Å². The maximum absolute atomic E-state index is 12.8. The molecular weight excluding hydrogens is 316 g/mol. The van der Waals surface area contributed by atoms with Gasteiger partial charge in [0.25, 0.3) is 0 Å². The van der Waals surface area contributed by atoms with Crippen LogP contribution in [0.25, 0.3) is 11.0 Å². The summed E-state index contributed by atoms with van der Waals surface area (Å²) >= 11 is 0. The highest BCUT2D eigenvalue weighted by Crippen LogP contribution is 2.27. The van der Waals surface area contributed by atoms with Gasteiger partial charge in [0.1, 0.15) is 0 Å². The van der Waals surface area contributed by atoms with E-state index in [1.54, 1.807) is 4.57 Å². The number of aryl methyl sites for hydroxylation is 2. The normalized spacial score (nSPS) is 22.7. The molecule has 3 heterocycles. The summed E-state index contributed by atoms with van der Waals surface area (Å²) in [5.74, 6) is 0.786. The Kier molecular flexibility index (Phi) is 4.37. The predicted octanol–water partition coefficient (Wildman–Crippen LogP) is 1.42. The smallest absolute Gasteiger partial charge is 0.329 e. The van der Waals surface area contributed by atoms with E-state index < -0.39 is 0 Å². The van der Waals surface area contributed by atoms with Crippen molar-refractivity contribution in [2.75, 3.05) is 19.6 Å². The van der Waals surface area contributed by atoms with Crippen molar-refractivity contribution in [3.63, 3.8) is 0 Å². The van der Waals surface area contributed by atoms with Crippen molar-refractivity contribution in [3.8, 4) is 0 Å². The average molecular weight is 342 g/mol. The van der Waals surface area contributed by atoms with Crippen LogP contribution in [0.15, 0.2) is 29.1 Å². The molecule has 2 aliphatic rings. The van der Waals surface area contributed by atoms with E-state index in [0.29, 0.717) is 31.5 Å². The van der Waals surface area contributed by atoms with E-state index in [-0.39, 0.29) is 11.6 Å². The van der Waals surface area contributed by atoms with Gasteiger partial charge in [-0.3, -0.25) is 13.9 Å². The van der Waals surface area contributed by atoms with Crippen molar-refractivity contribution < 1.29 is 4.79 Å². The molecule has 25 heavy (non-hydrogen) atoms. The second-order valence-corrected chi connectivity index (χ2v) is 7.19. The first-order chi connectivity index (χ1) is 12.2. The number of hydrogen-bond acceptors (Lipinski definition) is 3. The number of nitrogens with zero attached hydrogens (tertiary/aromatic N) is 3. The van der Waals surface area contributed by atoms with Gasteiger partial charge in [-0.1, -0.05) is 19.1 Å². The van der Waals surface area contributed by atoms with Gasteiger partial charge in [0.2, 0.25) is 5.91 Å². The molecule has 134 valence electrons. The minimum atomic E-state index is -0.00215. The molecule has 1 aromatic carbocycles. The Morgan fingerprint density at radius 1 is 1.16 bits per heavy atom. The lowest BCUT2D eigenvalue weighted by atomic mass is 10.1. The Labute approximate surface area is 147 Å². The van der Waals surface area contributed by atoms with Gasteiger partial charge in [0.15, 0.2) is 0 Å². The van der Waals surface area contributed by atoms with Gasteiger partial charge in [0.05, 0.1) is 11.0 Å². The number of hydrogen-bond donors (Lipinski definition) is 1. The van der Waals surface area contributed by atoms with E-state index in [0.717, 1.165) is 43.5 Å². The van der Waals surface area contributed by atoms with E-state index in [2.05, 4.69) is 12.2 Å². The zero-order chi connectivity index (χ0) is 17.4. The maximum Gasteiger partial charge on any atom is 0.329 e. The molecule has 0 radical (unpaired) electrons. The Morgan fingerprint density at radius 2 is 1.88 bits per heavy atom. The van der Waals surface area contributed by atoms with Crippen LogP contribution >= 0.6 is 0 Å². The molecule has 0 unspecified atom stereocenters. The molecule has 1 N–H and O–H groups in total. The predicted molar refractivity (Wildman–Crippen MR) is 97.6 cm³/mol. The number of rotatable bonds is 5. The lowest BCUT2D eigenvalue weighted by Gasteiger charge is -2.23. The molecule has 6 nitrogen and oxygen atoms in total. The van der Waals surface area contributed by atoms with E-state index in [1.807, 2.05) is 33.7 Å². The van der Waals surface area contributed by atoms with Crippen LogP contribution in [0.5, 0.6) is 0 Å². The number of aromatic nitrogens is 2. The zero-order valence-electron chi connectivity index (χ0n) is 14.8. The lowest BCUT2D eigenvalue weighted by Crippen LogP contribution is -2.39. The van der Waals surface area contributed by atoms with Gasteiger partial charge in [-0.2, -0.15) is 0 Å². The molecule has 2 aliphatic heterocycles. The minimum Gasteiger partial charge on any atom is -0.338 e. The van der Waals surface area contributed by atoms with Gasteiger partial charge in [-0.05, 0) is 30.9 Å². The van der Waals surface area contributed by atoms with Gasteiger partial charge < -0.3 is 10.2 Å². The quantitative estimate of drug-likeness (QED) is 0.894. The van der Waals surface area contributed by atoms with Gasteiger partial charge in [-0.25, -0.2) is 4.79 Å². The van der Waals surface area contributed by atoms with Gasteiger partial charge >= 0.3 is 5.69 Å². The fourth-order valence-corrected chi connectivity index (χ4v) is 4.44. The third-order valence-corrected chi connectivity index (χ3v) is 5.69. The number of nitrogens with one attached hydrogen (secondary N) is 1. The molecule has 2 aromatic rings. The summed E-state index contributed by atoms with van der Waals surface area (Å²) in [5, 5.41) is 3.38. The highest BCUT2D eigenvalue weighted by atomic mass is 16.2. The summed E-state index contributed by atoms with van der Waals surface area (Å²) in [5.41, 5.74) is 1.89. The number of carbonyl (C=O) groups excluding carboxylic acids is 1. The van der Waals surface area contributed by atoms with E-state index in [9.17, 15) is 9.59 Å². The molecule has 2 fully saturated rings. The molecule has 1 amide bonds. The van der Waals surface area contributed by atoms with Crippen LogP contribution in [0.2, 0.25) is 0 Å². The molecule has 2 saturated heterocycles. The van der Waals surface area contributed by atoms with Crippen LogP contribution in [0.4, 0.5) is 0 Å². The highest BCUT2D eigenvalue weighted by Gasteiger charge is 2.39. The number of amides is 1. The second-order valence-electron chi connectivity index (χ2n) is 7.19. The second kappa shape index (κ2) is 6.67. The van der Waals surface area contributed by atoms with Crippen LogP contribution in [0, 0.1) is 5.92 Å².